The molecule has 0 fully saturated rings. The molecule has 0 radical (unpaired) electrons. The first-order valence-corrected chi connectivity index (χ1v) is 33.9. The van der Waals surface area contributed by atoms with Gasteiger partial charge in [-0.15, -0.1) is 0 Å². The average Bonchev–Trinajstić information content (AvgIpc) is 3.44. The number of carbonyl (C=O) groups excluding carboxylic acids is 3. The van der Waals surface area contributed by atoms with Gasteiger partial charge in [-0.3, -0.25) is 14.4 Å². The lowest BCUT2D eigenvalue weighted by Gasteiger charge is -2.18. The first-order chi connectivity index (χ1) is 38.5. The van der Waals surface area contributed by atoms with Crippen LogP contribution < -0.4 is 0 Å². The number of hydrogen-bond donors (Lipinski definition) is 0. The Hall–Kier alpha value is -3.15. The zero-order valence-corrected chi connectivity index (χ0v) is 51.9. The summed E-state index contributed by atoms with van der Waals surface area (Å²) in [6.07, 6.45) is 86.4. The summed E-state index contributed by atoms with van der Waals surface area (Å²) in [7, 11) is 0. The van der Waals surface area contributed by atoms with Crippen LogP contribution >= 0.6 is 0 Å². The van der Waals surface area contributed by atoms with E-state index in [-0.39, 0.29) is 31.1 Å². The molecular weight excluding hydrogens is 961 g/mol. The number of unbranched alkanes of at least 4 members (excludes halogenated alkanes) is 39. The van der Waals surface area contributed by atoms with Gasteiger partial charge in [0.15, 0.2) is 6.10 Å². The van der Waals surface area contributed by atoms with E-state index in [1.807, 2.05) is 0 Å². The quantitative estimate of drug-likeness (QED) is 0.0261. The van der Waals surface area contributed by atoms with Crippen molar-refractivity contribution in [2.45, 2.75) is 354 Å². The maximum atomic E-state index is 12.9. The minimum absolute atomic E-state index is 0.0858. The summed E-state index contributed by atoms with van der Waals surface area (Å²) >= 11 is 0. The van der Waals surface area contributed by atoms with E-state index in [0.717, 1.165) is 103 Å². The van der Waals surface area contributed by atoms with Crippen molar-refractivity contribution in [3.05, 3.63) is 72.9 Å². The fourth-order valence-electron chi connectivity index (χ4n) is 9.84. The molecule has 6 heteroatoms. The highest BCUT2D eigenvalue weighted by molar-refractivity contribution is 5.71. The Morgan fingerprint density at radius 3 is 0.795 bits per heavy atom. The van der Waals surface area contributed by atoms with Gasteiger partial charge in [0.25, 0.3) is 0 Å². The normalized spacial score (nSPS) is 12.5. The fraction of sp³-hybridized carbons (Fsp3) is 0.792. The maximum absolute atomic E-state index is 12.9. The van der Waals surface area contributed by atoms with E-state index < -0.39 is 6.10 Å². The fourth-order valence-corrected chi connectivity index (χ4v) is 9.84. The van der Waals surface area contributed by atoms with Gasteiger partial charge in [-0.05, 0) is 109 Å². The molecule has 0 saturated carbocycles. The molecule has 0 spiro atoms. The van der Waals surface area contributed by atoms with Crippen molar-refractivity contribution < 1.29 is 28.6 Å². The van der Waals surface area contributed by atoms with Crippen LogP contribution in [0.3, 0.4) is 0 Å². The second kappa shape index (κ2) is 66.4. The summed E-state index contributed by atoms with van der Waals surface area (Å²) in [6.45, 7) is 6.54. The van der Waals surface area contributed by atoms with Crippen molar-refractivity contribution in [3.63, 3.8) is 0 Å². The lowest BCUT2D eigenvalue weighted by Crippen LogP contribution is -2.30. The van der Waals surface area contributed by atoms with Gasteiger partial charge in [-0.25, -0.2) is 0 Å². The van der Waals surface area contributed by atoms with E-state index in [4.69, 9.17) is 14.2 Å². The molecule has 0 N–H and O–H groups in total. The van der Waals surface area contributed by atoms with Crippen molar-refractivity contribution in [2.24, 2.45) is 0 Å². The number of rotatable bonds is 62. The number of esters is 3. The lowest BCUT2D eigenvalue weighted by molar-refractivity contribution is -0.167. The van der Waals surface area contributed by atoms with E-state index in [0.29, 0.717) is 19.3 Å². The molecule has 1 unspecified atom stereocenters. The molecule has 0 aliphatic rings. The van der Waals surface area contributed by atoms with E-state index in [2.05, 4.69) is 93.7 Å². The van der Waals surface area contributed by atoms with Gasteiger partial charge in [0.05, 0.1) is 0 Å². The van der Waals surface area contributed by atoms with Crippen molar-refractivity contribution in [2.75, 3.05) is 13.2 Å². The Balaban J connectivity index is 4.30. The third-order valence-electron chi connectivity index (χ3n) is 14.9. The molecule has 0 saturated heterocycles. The van der Waals surface area contributed by atoms with Crippen LogP contribution in [0.5, 0.6) is 0 Å². The molecule has 1 atom stereocenters. The van der Waals surface area contributed by atoms with E-state index >= 15 is 0 Å². The third kappa shape index (κ3) is 63.7. The predicted octanol–water partition coefficient (Wildman–Crippen LogP) is 23.3. The lowest BCUT2D eigenvalue weighted by atomic mass is 10.0. The Morgan fingerprint density at radius 1 is 0.269 bits per heavy atom. The van der Waals surface area contributed by atoms with Gasteiger partial charge in [0.2, 0.25) is 0 Å². The number of allylic oxidation sites excluding steroid dienone is 12. The zero-order chi connectivity index (χ0) is 56.4. The largest absolute Gasteiger partial charge is 0.462 e. The maximum Gasteiger partial charge on any atom is 0.306 e. The molecular formula is C72H128O6. The van der Waals surface area contributed by atoms with Crippen LogP contribution in [-0.4, -0.2) is 37.2 Å². The van der Waals surface area contributed by atoms with Crippen molar-refractivity contribution >= 4 is 17.9 Å². The van der Waals surface area contributed by atoms with E-state index in [1.54, 1.807) is 0 Å². The molecule has 6 nitrogen and oxygen atoms in total. The molecule has 0 amide bonds. The third-order valence-corrected chi connectivity index (χ3v) is 14.9. The molecule has 0 aromatic rings. The minimum atomic E-state index is -0.793. The van der Waals surface area contributed by atoms with Gasteiger partial charge in [-0.2, -0.15) is 0 Å². The van der Waals surface area contributed by atoms with Crippen LogP contribution in [0.1, 0.15) is 348 Å². The standard InChI is InChI=1S/C72H128O6/c1-4-7-10-13-16-19-22-25-28-31-32-33-34-35-36-37-38-39-40-42-44-47-50-53-56-59-62-65-71(74)77-68-69(67-76-70(73)64-61-58-55-52-49-46-43-30-27-24-21-18-15-12-9-6-3)78-72(75)66-63-60-57-54-51-48-45-41-29-26-23-20-17-14-11-8-5-2/h8,11,17,20,26,29-32,43,45,48,69H,4-7,9-10,12-16,18-19,21-25,27-28,33-42,44,46-47,49-68H2,1-3H3/b11-8-,20-17-,29-26-,32-31-,43-30-,48-45-. The average molecular weight is 1090 g/mol. The molecule has 0 aromatic carbocycles. The van der Waals surface area contributed by atoms with Crippen molar-refractivity contribution in [1.29, 1.82) is 0 Å². The van der Waals surface area contributed by atoms with E-state index in [9.17, 15) is 14.4 Å². The van der Waals surface area contributed by atoms with Gasteiger partial charge in [0.1, 0.15) is 13.2 Å². The summed E-state index contributed by atoms with van der Waals surface area (Å²) in [6, 6.07) is 0. The van der Waals surface area contributed by atoms with Crippen LogP contribution in [-0.2, 0) is 28.6 Å². The zero-order valence-electron chi connectivity index (χ0n) is 51.9. The Morgan fingerprint density at radius 2 is 0.500 bits per heavy atom. The monoisotopic (exact) mass is 1090 g/mol. The molecule has 0 bridgehead atoms. The first kappa shape index (κ1) is 74.8. The summed E-state index contributed by atoms with van der Waals surface area (Å²) in [5.74, 6) is -0.901. The van der Waals surface area contributed by atoms with Gasteiger partial charge >= 0.3 is 17.9 Å². The number of ether oxygens (including phenoxy) is 3. The highest BCUT2D eigenvalue weighted by atomic mass is 16.6. The smallest absolute Gasteiger partial charge is 0.306 e. The second-order valence-corrected chi connectivity index (χ2v) is 22.7. The first-order valence-electron chi connectivity index (χ1n) is 33.9. The predicted molar refractivity (Wildman–Crippen MR) is 339 cm³/mol. The SMILES string of the molecule is CC/C=C\C/C=C\C/C=C\C/C=C\CCCCCCC(=O)OC(COC(=O)CCCCCCC/C=C\CCCCCCCCC)COC(=O)CCCCCCCCCCCCCCCCC/C=C\CCCCCCCCCC. The van der Waals surface area contributed by atoms with Gasteiger partial charge in [0, 0.05) is 19.3 Å². The summed E-state index contributed by atoms with van der Waals surface area (Å²) in [4.78, 5) is 38.4. The molecule has 0 rings (SSSR count). The highest BCUT2D eigenvalue weighted by Crippen LogP contribution is 2.17. The topological polar surface area (TPSA) is 78.9 Å². The highest BCUT2D eigenvalue weighted by Gasteiger charge is 2.19. The van der Waals surface area contributed by atoms with Crippen LogP contribution in [0.25, 0.3) is 0 Å². The minimum Gasteiger partial charge on any atom is -0.462 e. The van der Waals surface area contributed by atoms with Crippen molar-refractivity contribution in [3.8, 4) is 0 Å². The molecule has 452 valence electrons. The Bertz CT molecular complexity index is 1440. The van der Waals surface area contributed by atoms with Crippen LogP contribution in [0, 0.1) is 0 Å². The Kier molecular flexibility index (Phi) is 63.7. The van der Waals surface area contributed by atoms with Crippen LogP contribution in [0.15, 0.2) is 72.9 Å². The molecule has 0 heterocycles. The molecule has 0 aromatic heterocycles. The number of hydrogen-bond acceptors (Lipinski definition) is 6. The van der Waals surface area contributed by atoms with Crippen molar-refractivity contribution in [1.82, 2.24) is 0 Å². The van der Waals surface area contributed by atoms with Crippen LogP contribution in [0.2, 0.25) is 0 Å². The van der Waals surface area contributed by atoms with Gasteiger partial charge in [-0.1, -0.05) is 293 Å². The molecule has 0 aliphatic carbocycles. The molecule has 78 heavy (non-hydrogen) atoms. The molecule has 0 aliphatic heterocycles. The summed E-state index contributed by atoms with van der Waals surface area (Å²) in [5.41, 5.74) is 0. The summed E-state index contributed by atoms with van der Waals surface area (Å²) < 4.78 is 16.9. The summed E-state index contributed by atoms with van der Waals surface area (Å²) in [5, 5.41) is 0. The number of carbonyl (C=O) groups is 3. The van der Waals surface area contributed by atoms with Crippen LogP contribution in [0.4, 0.5) is 0 Å². The second-order valence-electron chi connectivity index (χ2n) is 22.7. The Labute approximate surface area is 484 Å². The van der Waals surface area contributed by atoms with Gasteiger partial charge < -0.3 is 14.2 Å². The van der Waals surface area contributed by atoms with E-state index in [1.165, 1.54) is 205 Å².